The zero-order valence-corrected chi connectivity index (χ0v) is 19.3. The van der Waals surface area contributed by atoms with Crippen LogP contribution in [-0.2, 0) is 16.0 Å². The number of aryl methyl sites for hydroxylation is 1. The molecule has 0 aliphatic heterocycles. The van der Waals surface area contributed by atoms with Gasteiger partial charge in [0.15, 0.2) is 0 Å². The van der Waals surface area contributed by atoms with Gasteiger partial charge in [0.2, 0.25) is 5.28 Å². The maximum absolute atomic E-state index is 12.4. The third kappa shape index (κ3) is 5.48. The summed E-state index contributed by atoms with van der Waals surface area (Å²) in [5.74, 6) is 0.798. The molecule has 0 aliphatic rings. The molecule has 0 fully saturated rings. The zero-order chi connectivity index (χ0) is 22.8. The maximum Gasteiger partial charge on any atom is 0.410 e. The second kappa shape index (κ2) is 9.15. The fraction of sp³-hybridized carbons (Fsp3) is 0.476. The lowest BCUT2D eigenvalue weighted by molar-refractivity contribution is 0.0116. The predicted molar refractivity (Wildman–Crippen MR) is 118 cm³/mol. The smallest absolute Gasteiger partial charge is 0.410 e. The molecule has 10 heteroatoms. The van der Waals surface area contributed by atoms with Crippen LogP contribution in [0.4, 0.5) is 4.79 Å². The summed E-state index contributed by atoms with van der Waals surface area (Å²) >= 11 is 5.99. The van der Waals surface area contributed by atoms with E-state index in [1.165, 1.54) is 4.90 Å². The molecule has 1 amide bonds. The lowest BCUT2D eigenvalue weighted by Gasteiger charge is -2.27. The van der Waals surface area contributed by atoms with Crippen LogP contribution in [0.3, 0.4) is 0 Å². The SMILES string of the molecule is CO[C@@H](CN(C)C(=O)OC(C)(C)C)Cn1c(C)nc2ccnc(-c3ccnc(Cl)n3)c21. The summed E-state index contributed by atoms with van der Waals surface area (Å²) in [6.45, 7) is 8.23. The molecular formula is C21H27ClN6O3. The third-order valence-corrected chi connectivity index (χ3v) is 4.80. The number of carbonyl (C=O) groups is 1. The number of methoxy groups -OCH3 is 1. The molecule has 3 aromatic heterocycles. The summed E-state index contributed by atoms with van der Waals surface area (Å²) in [6.07, 6.45) is 2.58. The van der Waals surface area contributed by atoms with Crippen molar-refractivity contribution in [3.63, 3.8) is 0 Å². The number of carbonyl (C=O) groups excluding carboxylic acids is 1. The number of fused-ring (bicyclic) bond motifs is 1. The van der Waals surface area contributed by atoms with Crippen LogP contribution in [0, 0.1) is 6.92 Å². The first-order valence-corrected chi connectivity index (χ1v) is 10.2. The van der Waals surface area contributed by atoms with Crippen LogP contribution in [-0.4, -0.2) is 67.9 Å². The van der Waals surface area contributed by atoms with Gasteiger partial charge in [0, 0.05) is 26.6 Å². The van der Waals surface area contributed by atoms with Gasteiger partial charge >= 0.3 is 6.09 Å². The van der Waals surface area contributed by atoms with Crippen molar-refractivity contribution in [3.8, 4) is 11.4 Å². The first-order valence-electron chi connectivity index (χ1n) is 9.86. The van der Waals surface area contributed by atoms with Crippen LogP contribution in [0.25, 0.3) is 22.4 Å². The summed E-state index contributed by atoms with van der Waals surface area (Å²) in [5.41, 5.74) is 2.29. The maximum atomic E-state index is 12.4. The lowest BCUT2D eigenvalue weighted by atomic mass is 10.2. The van der Waals surface area contributed by atoms with Gasteiger partial charge in [-0.2, -0.15) is 0 Å². The Morgan fingerprint density at radius 2 is 1.94 bits per heavy atom. The molecular weight excluding hydrogens is 420 g/mol. The van der Waals surface area contributed by atoms with Gasteiger partial charge < -0.3 is 18.9 Å². The van der Waals surface area contributed by atoms with Gasteiger partial charge in [-0.3, -0.25) is 4.98 Å². The molecule has 0 unspecified atom stereocenters. The molecule has 3 heterocycles. The Morgan fingerprint density at radius 1 is 1.23 bits per heavy atom. The van der Waals surface area contributed by atoms with Crippen LogP contribution < -0.4 is 0 Å². The quantitative estimate of drug-likeness (QED) is 0.532. The summed E-state index contributed by atoms with van der Waals surface area (Å²) < 4.78 is 13.1. The Bertz CT molecular complexity index is 1080. The molecule has 9 nitrogen and oxygen atoms in total. The summed E-state index contributed by atoms with van der Waals surface area (Å²) in [7, 11) is 3.31. The van der Waals surface area contributed by atoms with E-state index in [0.717, 1.165) is 16.9 Å². The molecule has 1 atom stereocenters. The van der Waals surface area contributed by atoms with Gasteiger partial charge in [-0.15, -0.1) is 0 Å². The van der Waals surface area contributed by atoms with E-state index in [0.29, 0.717) is 24.5 Å². The summed E-state index contributed by atoms with van der Waals surface area (Å²) in [4.78, 5) is 31.3. The number of halogens is 1. The minimum Gasteiger partial charge on any atom is -0.444 e. The Hall–Kier alpha value is -2.78. The number of hydrogen-bond acceptors (Lipinski definition) is 7. The third-order valence-electron chi connectivity index (χ3n) is 4.62. The minimum absolute atomic E-state index is 0.146. The number of imidazole rings is 1. The monoisotopic (exact) mass is 446 g/mol. The number of ether oxygens (including phenoxy) is 2. The van der Waals surface area contributed by atoms with E-state index >= 15 is 0 Å². The van der Waals surface area contributed by atoms with Crippen molar-refractivity contribution in [2.75, 3.05) is 20.7 Å². The number of amides is 1. The molecule has 0 spiro atoms. The van der Waals surface area contributed by atoms with E-state index in [4.69, 9.17) is 21.1 Å². The average Bonchev–Trinajstić information content (AvgIpc) is 3.01. The van der Waals surface area contributed by atoms with Gasteiger partial charge in [-0.1, -0.05) is 0 Å². The molecule has 0 saturated heterocycles. The fourth-order valence-corrected chi connectivity index (χ4v) is 3.35. The highest BCUT2D eigenvalue weighted by Crippen LogP contribution is 2.27. The number of hydrogen-bond donors (Lipinski definition) is 0. The van der Waals surface area contributed by atoms with Crippen molar-refractivity contribution in [3.05, 3.63) is 35.6 Å². The molecule has 166 valence electrons. The lowest BCUT2D eigenvalue weighted by Crippen LogP contribution is -2.40. The highest BCUT2D eigenvalue weighted by Gasteiger charge is 2.24. The van der Waals surface area contributed by atoms with Crippen LogP contribution in [0.5, 0.6) is 0 Å². The second-order valence-electron chi connectivity index (χ2n) is 8.23. The van der Waals surface area contributed by atoms with Crippen molar-refractivity contribution in [1.82, 2.24) is 29.4 Å². The van der Waals surface area contributed by atoms with Crippen molar-refractivity contribution in [1.29, 1.82) is 0 Å². The van der Waals surface area contributed by atoms with Crippen LogP contribution >= 0.6 is 11.6 Å². The normalized spacial score (nSPS) is 12.7. The predicted octanol–water partition coefficient (Wildman–Crippen LogP) is 3.73. The molecule has 3 aromatic rings. The molecule has 0 N–H and O–H groups in total. The topological polar surface area (TPSA) is 95.3 Å². The zero-order valence-electron chi connectivity index (χ0n) is 18.6. The first kappa shape index (κ1) is 22.9. The van der Waals surface area contributed by atoms with E-state index in [9.17, 15) is 4.79 Å². The first-order chi connectivity index (χ1) is 14.6. The highest BCUT2D eigenvalue weighted by atomic mass is 35.5. The summed E-state index contributed by atoms with van der Waals surface area (Å²) in [6, 6.07) is 3.60. The number of nitrogens with zero attached hydrogens (tertiary/aromatic N) is 6. The van der Waals surface area contributed by atoms with Crippen molar-refractivity contribution < 1.29 is 14.3 Å². The second-order valence-corrected chi connectivity index (χ2v) is 8.56. The number of pyridine rings is 1. The Morgan fingerprint density at radius 3 is 2.58 bits per heavy atom. The molecule has 0 radical (unpaired) electrons. The highest BCUT2D eigenvalue weighted by molar-refractivity contribution is 6.28. The van der Waals surface area contributed by atoms with Gasteiger partial charge in [0.25, 0.3) is 0 Å². The van der Waals surface area contributed by atoms with E-state index < -0.39 is 11.7 Å². The molecule has 0 saturated carbocycles. The fourth-order valence-electron chi connectivity index (χ4n) is 3.20. The van der Waals surface area contributed by atoms with Crippen LogP contribution in [0.1, 0.15) is 26.6 Å². The van der Waals surface area contributed by atoms with Crippen LogP contribution in [0.2, 0.25) is 5.28 Å². The minimum atomic E-state index is -0.565. The van der Waals surface area contributed by atoms with Crippen LogP contribution in [0.15, 0.2) is 24.5 Å². The molecule has 0 aromatic carbocycles. The average molecular weight is 447 g/mol. The van der Waals surface area contributed by atoms with Crippen molar-refractivity contribution in [2.45, 2.75) is 45.9 Å². The Kier molecular flexibility index (Phi) is 6.76. The number of aromatic nitrogens is 5. The van der Waals surface area contributed by atoms with E-state index in [2.05, 4.69) is 19.9 Å². The van der Waals surface area contributed by atoms with E-state index in [1.54, 1.807) is 32.6 Å². The van der Waals surface area contributed by atoms with Crippen molar-refractivity contribution >= 4 is 28.7 Å². The van der Waals surface area contributed by atoms with Gasteiger partial charge in [0.1, 0.15) is 17.1 Å². The number of rotatable bonds is 6. The largest absolute Gasteiger partial charge is 0.444 e. The van der Waals surface area contributed by atoms with Gasteiger partial charge in [-0.05, 0) is 51.4 Å². The molecule has 31 heavy (non-hydrogen) atoms. The Labute approximate surface area is 186 Å². The van der Waals surface area contributed by atoms with Crippen molar-refractivity contribution in [2.24, 2.45) is 0 Å². The molecule has 0 aliphatic carbocycles. The van der Waals surface area contributed by atoms with E-state index in [-0.39, 0.29) is 11.4 Å². The molecule has 0 bridgehead atoms. The number of likely N-dealkylation sites (N-methyl/N-ethyl adjacent to an activating group) is 1. The Balaban J connectivity index is 1.91. The summed E-state index contributed by atoms with van der Waals surface area (Å²) in [5, 5.41) is 0.146. The van der Waals surface area contributed by atoms with Gasteiger partial charge in [-0.25, -0.2) is 19.7 Å². The van der Waals surface area contributed by atoms with Gasteiger partial charge in [0.05, 0.1) is 35.9 Å². The molecule has 3 rings (SSSR count). The van der Waals surface area contributed by atoms with E-state index in [1.807, 2.05) is 38.3 Å². The standard InChI is InChI=1S/C21H27ClN6O3/c1-13-25-16-8-9-23-17(15-7-10-24-19(22)26-15)18(16)28(13)12-14(30-6)11-27(5)20(29)31-21(2,3)4/h7-10,14H,11-12H2,1-6H3/t14-/m0/s1.